The summed E-state index contributed by atoms with van der Waals surface area (Å²) in [4.78, 5) is 5.63. The molecule has 0 aliphatic carbocycles. The number of nitrogens with zero attached hydrogens (tertiary/aromatic N) is 1. The van der Waals surface area contributed by atoms with Crippen molar-refractivity contribution < 1.29 is 9.47 Å². The van der Waals surface area contributed by atoms with Crippen LogP contribution >= 0.6 is 11.3 Å². The number of thiophene rings is 1. The first-order chi connectivity index (χ1) is 10.3. The minimum absolute atomic E-state index is 0.144. The van der Waals surface area contributed by atoms with Gasteiger partial charge in [-0.05, 0) is 30.0 Å². The molecule has 1 fully saturated rings. The van der Waals surface area contributed by atoms with Gasteiger partial charge in [0.2, 0.25) is 5.88 Å². The van der Waals surface area contributed by atoms with Crippen molar-refractivity contribution in [2.45, 2.75) is 32.0 Å². The summed E-state index contributed by atoms with van der Waals surface area (Å²) in [6.07, 6.45) is 2.89. The van der Waals surface area contributed by atoms with Crippen LogP contribution in [0.15, 0.2) is 35.8 Å². The smallest absolute Gasteiger partial charge is 0.213 e. The van der Waals surface area contributed by atoms with Gasteiger partial charge in [0.25, 0.3) is 0 Å². The Bertz CT molecular complexity index is 553. The Kier molecular flexibility index (Phi) is 4.85. The number of nitrogens with one attached hydrogen (secondary N) is 1. The lowest BCUT2D eigenvalue weighted by molar-refractivity contribution is 0.138. The summed E-state index contributed by atoms with van der Waals surface area (Å²) in [6, 6.07) is 8.62. The first kappa shape index (κ1) is 14.5. The molecule has 1 saturated heterocycles. The van der Waals surface area contributed by atoms with E-state index in [1.807, 2.05) is 12.1 Å². The monoisotopic (exact) mass is 304 g/mol. The van der Waals surface area contributed by atoms with Gasteiger partial charge in [-0.1, -0.05) is 6.07 Å². The normalized spacial score (nSPS) is 19.6. The zero-order chi connectivity index (χ0) is 14.5. The van der Waals surface area contributed by atoms with Crippen LogP contribution in [-0.2, 0) is 11.3 Å². The summed E-state index contributed by atoms with van der Waals surface area (Å²) in [5.41, 5.74) is 1.18. The number of ether oxygens (including phenoxy) is 2. The lowest BCUT2D eigenvalue weighted by Crippen LogP contribution is -2.18. The topological polar surface area (TPSA) is 43.4 Å². The van der Waals surface area contributed by atoms with Crippen LogP contribution in [0.2, 0.25) is 0 Å². The van der Waals surface area contributed by atoms with Gasteiger partial charge in [0.05, 0.1) is 13.2 Å². The molecule has 0 saturated carbocycles. The fourth-order valence-corrected chi connectivity index (χ4v) is 3.07. The highest BCUT2D eigenvalue weighted by Gasteiger charge is 2.17. The van der Waals surface area contributed by atoms with Gasteiger partial charge in [-0.2, -0.15) is 0 Å². The van der Waals surface area contributed by atoms with E-state index in [1.165, 1.54) is 10.4 Å². The molecular formula is C16H20N2O2S. The Labute approximate surface area is 129 Å². The van der Waals surface area contributed by atoms with Crippen LogP contribution in [0.1, 0.15) is 29.8 Å². The van der Waals surface area contributed by atoms with Gasteiger partial charge >= 0.3 is 0 Å². The molecule has 4 nitrogen and oxygen atoms in total. The van der Waals surface area contributed by atoms with Crippen molar-refractivity contribution in [3.05, 3.63) is 46.3 Å². The minimum atomic E-state index is 0.144. The second-order valence-corrected chi connectivity index (χ2v) is 6.20. The summed E-state index contributed by atoms with van der Waals surface area (Å²) < 4.78 is 11.1. The van der Waals surface area contributed by atoms with Gasteiger partial charge < -0.3 is 14.8 Å². The molecular weight excluding hydrogens is 284 g/mol. The average molecular weight is 304 g/mol. The van der Waals surface area contributed by atoms with E-state index in [0.717, 1.165) is 19.6 Å². The van der Waals surface area contributed by atoms with E-state index >= 15 is 0 Å². The quantitative estimate of drug-likeness (QED) is 0.890. The third-order valence-corrected chi connectivity index (χ3v) is 4.61. The predicted molar refractivity (Wildman–Crippen MR) is 83.7 cm³/mol. The molecule has 112 valence electrons. The molecule has 3 heterocycles. The second-order valence-electron chi connectivity index (χ2n) is 5.22. The van der Waals surface area contributed by atoms with E-state index in [0.29, 0.717) is 18.5 Å². The van der Waals surface area contributed by atoms with Gasteiger partial charge in [-0.25, -0.2) is 4.98 Å². The molecule has 0 radical (unpaired) electrons. The maximum absolute atomic E-state index is 5.83. The number of pyridine rings is 1. The fraction of sp³-hybridized carbons (Fsp3) is 0.438. The number of aromatic nitrogens is 1. The average Bonchev–Trinajstić information content (AvgIpc) is 3.18. The highest BCUT2D eigenvalue weighted by molar-refractivity contribution is 7.10. The molecule has 0 spiro atoms. The van der Waals surface area contributed by atoms with E-state index in [4.69, 9.17) is 9.47 Å². The molecule has 0 unspecified atom stereocenters. The molecule has 2 atom stereocenters. The number of hydrogen-bond donors (Lipinski definition) is 1. The van der Waals surface area contributed by atoms with Crippen LogP contribution in [0.25, 0.3) is 0 Å². The SMILES string of the molecule is C[C@H](NCc1ccnc(O[C@@H]2CCOC2)c1)c1cccs1. The van der Waals surface area contributed by atoms with Crippen molar-refractivity contribution in [1.29, 1.82) is 0 Å². The number of rotatable bonds is 6. The summed E-state index contributed by atoms with van der Waals surface area (Å²) in [6.45, 7) is 4.43. The highest BCUT2D eigenvalue weighted by Crippen LogP contribution is 2.19. The standard InChI is InChI=1S/C16H20N2O2S/c1-12(15-3-2-8-21-15)18-10-13-4-6-17-16(9-13)20-14-5-7-19-11-14/h2-4,6,8-9,12,14,18H,5,7,10-11H2,1H3/t12-,14+/m0/s1. The van der Waals surface area contributed by atoms with E-state index in [2.05, 4.69) is 34.7 Å². The van der Waals surface area contributed by atoms with Crippen molar-refractivity contribution >= 4 is 11.3 Å². The van der Waals surface area contributed by atoms with Crippen molar-refractivity contribution in [2.75, 3.05) is 13.2 Å². The largest absolute Gasteiger partial charge is 0.472 e. The van der Waals surface area contributed by atoms with Crippen molar-refractivity contribution in [3.63, 3.8) is 0 Å². The van der Waals surface area contributed by atoms with Crippen LogP contribution in [0, 0.1) is 0 Å². The zero-order valence-electron chi connectivity index (χ0n) is 12.1. The third kappa shape index (κ3) is 4.03. The third-order valence-electron chi connectivity index (χ3n) is 3.56. The van der Waals surface area contributed by atoms with E-state index in [9.17, 15) is 0 Å². The Morgan fingerprint density at radius 3 is 3.24 bits per heavy atom. The molecule has 2 aromatic rings. The maximum Gasteiger partial charge on any atom is 0.213 e. The van der Waals surface area contributed by atoms with Crippen molar-refractivity contribution in [2.24, 2.45) is 0 Å². The van der Waals surface area contributed by atoms with Crippen LogP contribution in [-0.4, -0.2) is 24.3 Å². The highest BCUT2D eigenvalue weighted by atomic mass is 32.1. The summed E-state index contributed by atoms with van der Waals surface area (Å²) in [5.74, 6) is 0.688. The Hall–Kier alpha value is -1.43. The molecule has 1 aliphatic heterocycles. The Morgan fingerprint density at radius 1 is 1.52 bits per heavy atom. The molecule has 1 N–H and O–H groups in total. The summed E-state index contributed by atoms with van der Waals surface area (Å²) in [7, 11) is 0. The van der Waals surface area contributed by atoms with Crippen molar-refractivity contribution in [3.8, 4) is 5.88 Å². The van der Waals surface area contributed by atoms with E-state index < -0.39 is 0 Å². The van der Waals surface area contributed by atoms with Gasteiger partial charge in [0.1, 0.15) is 6.10 Å². The first-order valence-corrected chi connectivity index (χ1v) is 8.15. The summed E-state index contributed by atoms with van der Waals surface area (Å²) in [5, 5.41) is 5.63. The van der Waals surface area contributed by atoms with Crippen LogP contribution < -0.4 is 10.1 Å². The molecule has 0 bridgehead atoms. The van der Waals surface area contributed by atoms with Crippen molar-refractivity contribution in [1.82, 2.24) is 10.3 Å². The van der Waals surface area contributed by atoms with Crippen LogP contribution in [0.3, 0.4) is 0 Å². The molecule has 3 rings (SSSR count). The van der Waals surface area contributed by atoms with Gasteiger partial charge in [-0.3, -0.25) is 0 Å². The second kappa shape index (κ2) is 7.02. The first-order valence-electron chi connectivity index (χ1n) is 7.27. The van der Waals surface area contributed by atoms with E-state index in [1.54, 1.807) is 17.5 Å². The molecule has 0 aromatic carbocycles. The van der Waals surface area contributed by atoms with Gasteiger partial charge in [-0.15, -0.1) is 11.3 Å². The predicted octanol–water partition coefficient (Wildman–Crippen LogP) is 3.16. The minimum Gasteiger partial charge on any atom is -0.472 e. The Morgan fingerprint density at radius 2 is 2.48 bits per heavy atom. The molecule has 5 heteroatoms. The van der Waals surface area contributed by atoms with Gasteiger partial charge in [0.15, 0.2) is 0 Å². The molecule has 1 aliphatic rings. The van der Waals surface area contributed by atoms with Crippen LogP contribution in [0.4, 0.5) is 0 Å². The lowest BCUT2D eigenvalue weighted by Gasteiger charge is -2.14. The zero-order valence-corrected chi connectivity index (χ0v) is 12.9. The summed E-state index contributed by atoms with van der Waals surface area (Å²) >= 11 is 1.78. The van der Waals surface area contributed by atoms with Gasteiger partial charge in [0, 0.05) is 36.1 Å². The molecule has 21 heavy (non-hydrogen) atoms. The van der Waals surface area contributed by atoms with E-state index in [-0.39, 0.29) is 6.10 Å². The fourth-order valence-electron chi connectivity index (χ4n) is 2.31. The van der Waals surface area contributed by atoms with Crippen LogP contribution in [0.5, 0.6) is 5.88 Å². The molecule has 2 aromatic heterocycles. The Balaban J connectivity index is 1.55. The lowest BCUT2D eigenvalue weighted by atomic mass is 10.2. The number of hydrogen-bond acceptors (Lipinski definition) is 5. The molecule has 0 amide bonds. The maximum atomic E-state index is 5.83.